The van der Waals surface area contributed by atoms with Crippen molar-refractivity contribution in [2.45, 2.75) is 26.9 Å². The molecule has 0 aliphatic carbocycles. The standard InChI is InChI=1S/C13H17FN2O3/c1-8(2)19-7-13(18)16-10-4-5-11(14)12(6-10)15-9(3)17/h4-6,8H,7H2,1-3H3,(H,15,17)(H,16,18). The fraction of sp³-hybridized carbons (Fsp3) is 0.385. The topological polar surface area (TPSA) is 67.4 Å². The van der Waals surface area contributed by atoms with E-state index in [-0.39, 0.29) is 30.2 Å². The van der Waals surface area contributed by atoms with Gasteiger partial charge in [0, 0.05) is 12.6 Å². The molecule has 1 rings (SSSR count). The van der Waals surface area contributed by atoms with Crippen LogP contribution >= 0.6 is 0 Å². The predicted molar refractivity (Wildman–Crippen MR) is 70.4 cm³/mol. The van der Waals surface area contributed by atoms with Crippen LogP contribution in [0.4, 0.5) is 15.8 Å². The first-order valence-electron chi connectivity index (χ1n) is 5.87. The van der Waals surface area contributed by atoms with Crippen LogP contribution in [-0.2, 0) is 14.3 Å². The second-order valence-corrected chi connectivity index (χ2v) is 4.28. The number of hydrogen-bond donors (Lipinski definition) is 2. The molecule has 0 spiro atoms. The quantitative estimate of drug-likeness (QED) is 0.859. The second kappa shape index (κ2) is 6.84. The van der Waals surface area contributed by atoms with E-state index < -0.39 is 5.82 Å². The van der Waals surface area contributed by atoms with Crippen molar-refractivity contribution in [3.05, 3.63) is 24.0 Å². The Morgan fingerprint density at radius 1 is 1.32 bits per heavy atom. The molecule has 1 aromatic rings. The molecule has 6 heteroatoms. The van der Waals surface area contributed by atoms with E-state index in [1.165, 1.54) is 25.1 Å². The Bertz CT molecular complexity index is 475. The zero-order valence-corrected chi connectivity index (χ0v) is 11.1. The summed E-state index contributed by atoms with van der Waals surface area (Å²) in [4.78, 5) is 22.4. The summed E-state index contributed by atoms with van der Waals surface area (Å²) in [5, 5.41) is 4.90. The van der Waals surface area contributed by atoms with Gasteiger partial charge in [0.05, 0.1) is 11.8 Å². The molecule has 0 aliphatic heterocycles. The fourth-order valence-electron chi connectivity index (χ4n) is 1.33. The van der Waals surface area contributed by atoms with Crippen LogP contribution in [0.1, 0.15) is 20.8 Å². The average molecular weight is 268 g/mol. The molecular weight excluding hydrogens is 251 g/mol. The van der Waals surface area contributed by atoms with Crippen LogP contribution in [0.25, 0.3) is 0 Å². The highest BCUT2D eigenvalue weighted by molar-refractivity contribution is 5.94. The Morgan fingerprint density at radius 3 is 2.58 bits per heavy atom. The van der Waals surface area contributed by atoms with Crippen molar-refractivity contribution < 1.29 is 18.7 Å². The molecule has 1 aromatic carbocycles. The summed E-state index contributed by atoms with van der Waals surface area (Å²) in [7, 11) is 0. The smallest absolute Gasteiger partial charge is 0.250 e. The van der Waals surface area contributed by atoms with Crippen LogP contribution in [0.2, 0.25) is 0 Å². The third-order valence-electron chi connectivity index (χ3n) is 2.11. The summed E-state index contributed by atoms with van der Waals surface area (Å²) in [6.45, 7) is 4.84. The van der Waals surface area contributed by atoms with Crippen LogP contribution in [-0.4, -0.2) is 24.5 Å². The number of benzene rings is 1. The highest BCUT2D eigenvalue weighted by Gasteiger charge is 2.08. The minimum absolute atomic E-state index is 0.0232. The largest absolute Gasteiger partial charge is 0.369 e. The van der Waals surface area contributed by atoms with Crippen LogP contribution in [0.3, 0.4) is 0 Å². The van der Waals surface area contributed by atoms with Gasteiger partial charge in [-0.15, -0.1) is 0 Å². The van der Waals surface area contributed by atoms with Gasteiger partial charge in [-0.2, -0.15) is 0 Å². The molecule has 2 N–H and O–H groups in total. The maximum Gasteiger partial charge on any atom is 0.250 e. The van der Waals surface area contributed by atoms with Crippen molar-refractivity contribution in [2.24, 2.45) is 0 Å². The van der Waals surface area contributed by atoms with E-state index in [9.17, 15) is 14.0 Å². The van der Waals surface area contributed by atoms with Crippen LogP contribution in [0.15, 0.2) is 18.2 Å². The molecule has 5 nitrogen and oxygen atoms in total. The van der Waals surface area contributed by atoms with Gasteiger partial charge < -0.3 is 15.4 Å². The van der Waals surface area contributed by atoms with Crippen molar-refractivity contribution in [1.29, 1.82) is 0 Å². The molecule has 0 atom stereocenters. The van der Waals surface area contributed by atoms with Crippen LogP contribution in [0, 0.1) is 5.82 Å². The second-order valence-electron chi connectivity index (χ2n) is 4.28. The monoisotopic (exact) mass is 268 g/mol. The van der Waals surface area contributed by atoms with E-state index in [1.54, 1.807) is 0 Å². The Labute approximate surface area is 111 Å². The zero-order valence-electron chi connectivity index (χ0n) is 11.1. The number of anilines is 2. The fourth-order valence-corrected chi connectivity index (χ4v) is 1.33. The van der Waals surface area contributed by atoms with E-state index in [1.807, 2.05) is 13.8 Å². The van der Waals surface area contributed by atoms with E-state index >= 15 is 0 Å². The molecule has 19 heavy (non-hydrogen) atoms. The number of rotatable bonds is 5. The first-order valence-corrected chi connectivity index (χ1v) is 5.87. The van der Waals surface area contributed by atoms with Gasteiger partial charge in [0.1, 0.15) is 12.4 Å². The Morgan fingerprint density at radius 2 is 2.00 bits per heavy atom. The Hall–Kier alpha value is -1.95. The number of nitrogens with one attached hydrogen (secondary N) is 2. The maximum absolute atomic E-state index is 13.4. The number of ether oxygens (including phenoxy) is 1. The van der Waals surface area contributed by atoms with Crippen molar-refractivity contribution >= 4 is 23.2 Å². The van der Waals surface area contributed by atoms with Gasteiger partial charge in [-0.3, -0.25) is 9.59 Å². The Kier molecular flexibility index (Phi) is 5.44. The molecule has 0 fully saturated rings. The van der Waals surface area contributed by atoms with Crippen LogP contribution < -0.4 is 10.6 Å². The van der Waals surface area contributed by atoms with Crippen molar-refractivity contribution in [3.63, 3.8) is 0 Å². The lowest BCUT2D eigenvalue weighted by molar-refractivity contribution is -0.122. The first kappa shape index (κ1) is 15.1. The van der Waals surface area contributed by atoms with E-state index in [4.69, 9.17) is 4.74 Å². The molecule has 2 amide bonds. The van der Waals surface area contributed by atoms with Crippen molar-refractivity contribution in [3.8, 4) is 0 Å². The summed E-state index contributed by atoms with van der Waals surface area (Å²) in [5.41, 5.74) is 0.414. The minimum atomic E-state index is -0.563. The van der Waals surface area contributed by atoms with Gasteiger partial charge in [0.25, 0.3) is 0 Å². The Balaban J connectivity index is 2.68. The highest BCUT2D eigenvalue weighted by atomic mass is 19.1. The van der Waals surface area contributed by atoms with Gasteiger partial charge in [0.15, 0.2) is 0 Å². The summed E-state index contributed by atoms with van der Waals surface area (Å²) in [5.74, 6) is -1.29. The first-order chi connectivity index (χ1) is 8.88. The highest BCUT2D eigenvalue weighted by Crippen LogP contribution is 2.19. The number of carbonyl (C=O) groups excluding carboxylic acids is 2. The molecule has 104 valence electrons. The normalized spacial score (nSPS) is 10.4. The molecular formula is C13H17FN2O3. The lowest BCUT2D eigenvalue weighted by atomic mass is 10.2. The molecule has 0 radical (unpaired) electrons. The predicted octanol–water partition coefficient (Wildman–Crippen LogP) is 2.15. The lowest BCUT2D eigenvalue weighted by Gasteiger charge is -2.10. The summed E-state index contributed by atoms with van der Waals surface area (Å²) < 4.78 is 18.5. The molecule has 0 aromatic heterocycles. The third kappa shape index (κ3) is 5.48. The maximum atomic E-state index is 13.4. The molecule has 0 heterocycles. The number of hydrogen-bond acceptors (Lipinski definition) is 3. The molecule has 0 saturated carbocycles. The molecule has 0 saturated heterocycles. The van der Waals surface area contributed by atoms with Crippen molar-refractivity contribution in [1.82, 2.24) is 0 Å². The summed E-state index contributed by atoms with van der Waals surface area (Å²) in [6.07, 6.45) is -0.0473. The lowest BCUT2D eigenvalue weighted by Crippen LogP contribution is -2.20. The third-order valence-corrected chi connectivity index (χ3v) is 2.11. The summed E-state index contributed by atoms with van der Waals surface area (Å²) >= 11 is 0. The average Bonchev–Trinajstić information content (AvgIpc) is 2.30. The number of carbonyl (C=O) groups is 2. The molecule has 0 aliphatic rings. The van der Waals surface area contributed by atoms with Crippen molar-refractivity contribution in [2.75, 3.05) is 17.2 Å². The molecule has 0 bridgehead atoms. The van der Waals surface area contributed by atoms with E-state index in [0.717, 1.165) is 0 Å². The zero-order chi connectivity index (χ0) is 14.4. The minimum Gasteiger partial charge on any atom is -0.369 e. The van der Waals surface area contributed by atoms with Gasteiger partial charge in [0.2, 0.25) is 11.8 Å². The van der Waals surface area contributed by atoms with Gasteiger partial charge in [-0.05, 0) is 32.0 Å². The van der Waals surface area contributed by atoms with Gasteiger partial charge in [-0.1, -0.05) is 0 Å². The van der Waals surface area contributed by atoms with Gasteiger partial charge in [-0.25, -0.2) is 4.39 Å². The van der Waals surface area contributed by atoms with E-state index in [2.05, 4.69) is 10.6 Å². The summed E-state index contributed by atoms with van der Waals surface area (Å²) in [6, 6.07) is 3.93. The number of amides is 2. The SMILES string of the molecule is CC(=O)Nc1cc(NC(=O)COC(C)C)ccc1F. The number of halogens is 1. The van der Waals surface area contributed by atoms with E-state index in [0.29, 0.717) is 5.69 Å². The van der Waals surface area contributed by atoms with Gasteiger partial charge >= 0.3 is 0 Å². The molecule has 0 unspecified atom stereocenters. The van der Waals surface area contributed by atoms with Crippen LogP contribution in [0.5, 0.6) is 0 Å².